The lowest BCUT2D eigenvalue weighted by Gasteiger charge is -2.24. The van der Waals surface area contributed by atoms with Gasteiger partial charge in [-0.15, -0.1) is 0 Å². The Kier molecular flexibility index (Phi) is 7.43. The fourth-order valence-corrected chi connectivity index (χ4v) is 3.52. The second kappa shape index (κ2) is 10.0. The highest BCUT2D eigenvalue weighted by molar-refractivity contribution is 9.10. The molecule has 2 aromatic carbocycles. The minimum atomic E-state index is -0.534. The number of amides is 2. The van der Waals surface area contributed by atoms with Crippen molar-refractivity contribution >= 4 is 33.8 Å². The van der Waals surface area contributed by atoms with Crippen molar-refractivity contribution in [1.82, 2.24) is 4.90 Å². The Hall–Kier alpha value is -2.74. The van der Waals surface area contributed by atoms with Crippen LogP contribution in [0, 0.1) is 0 Å². The van der Waals surface area contributed by atoms with Gasteiger partial charge in [-0.3, -0.25) is 5.32 Å². The molecule has 1 N–H and O–H groups in total. The van der Waals surface area contributed by atoms with E-state index in [-0.39, 0.29) is 18.8 Å². The molecule has 1 aliphatic rings. The Labute approximate surface area is 190 Å². The van der Waals surface area contributed by atoms with Crippen molar-refractivity contribution in [2.75, 3.05) is 18.4 Å². The van der Waals surface area contributed by atoms with Crippen molar-refractivity contribution in [3.63, 3.8) is 0 Å². The maximum Gasteiger partial charge on any atom is 0.411 e. The number of benzene rings is 2. The molecule has 1 heterocycles. The van der Waals surface area contributed by atoms with Crippen LogP contribution in [-0.4, -0.2) is 41.9 Å². The van der Waals surface area contributed by atoms with Gasteiger partial charge in [-0.25, -0.2) is 9.59 Å². The molecule has 31 heavy (non-hydrogen) atoms. The lowest BCUT2D eigenvalue weighted by Crippen LogP contribution is -2.36. The van der Waals surface area contributed by atoms with Crippen LogP contribution in [0.25, 0.3) is 0 Å². The lowest BCUT2D eigenvalue weighted by atomic mass is 10.2. The van der Waals surface area contributed by atoms with Crippen molar-refractivity contribution in [2.45, 2.75) is 45.5 Å². The molecule has 0 aromatic heterocycles. The molecule has 7 nitrogen and oxygen atoms in total. The van der Waals surface area contributed by atoms with Crippen molar-refractivity contribution in [2.24, 2.45) is 0 Å². The molecule has 0 bridgehead atoms. The molecule has 1 aliphatic heterocycles. The van der Waals surface area contributed by atoms with Gasteiger partial charge in [0.2, 0.25) is 0 Å². The topological polar surface area (TPSA) is 77.1 Å². The zero-order chi connectivity index (χ0) is 22.4. The van der Waals surface area contributed by atoms with E-state index in [1.807, 2.05) is 51.1 Å². The molecule has 0 aliphatic carbocycles. The van der Waals surface area contributed by atoms with Gasteiger partial charge in [-0.1, -0.05) is 30.3 Å². The van der Waals surface area contributed by atoms with Crippen LogP contribution in [0.5, 0.6) is 5.75 Å². The highest BCUT2D eigenvalue weighted by atomic mass is 79.9. The van der Waals surface area contributed by atoms with Gasteiger partial charge >= 0.3 is 12.2 Å². The minimum Gasteiger partial charge on any atom is -0.487 e. The van der Waals surface area contributed by atoms with Gasteiger partial charge in [-0.05, 0) is 60.5 Å². The molecule has 2 aromatic rings. The number of rotatable bonds is 5. The first-order valence-electron chi connectivity index (χ1n) is 10.1. The monoisotopic (exact) mass is 490 g/mol. The van der Waals surface area contributed by atoms with Crippen LogP contribution in [0.1, 0.15) is 32.8 Å². The summed E-state index contributed by atoms with van der Waals surface area (Å²) in [5.41, 5.74) is 0.975. The molecule has 1 fully saturated rings. The van der Waals surface area contributed by atoms with Crippen LogP contribution in [0.4, 0.5) is 15.3 Å². The van der Waals surface area contributed by atoms with Crippen molar-refractivity contribution in [3.8, 4) is 5.75 Å². The highest BCUT2D eigenvalue weighted by Gasteiger charge is 2.31. The summed E-state index contributed by atoms with van der Waals surface area (Å²) in [6.45, 7) is 6.79. The number of likely N-dealkylation sites (tertiary alicyclic amines) is 1. The van der Waals surface area contributed by atoms with E-state index in [2.05, 4.69) is 21.2 Å². The fourth-order valence-electron chi connectivity index (χ4n) is 3.05. The molecule has 166 valence electrons. The van der Waals surface area contributed by atoms with Crippen molar-refractivity contribution < 1.29 is 23.8 Å². The van der Waals surface area contributed by atoms with Gasteiger partial charge in [0.25, 0.3) is 0 Å². The highest BCUT2D eigenvalue weighted by Crippen LogP contribution is 2.30. The van der Waals surface area contributed by atoms with E-state index in [1.54, 1.807) is 23.1 Å². The Bertz CT molecular complexity index is 914. The van der Waals surface area contributed by atoms with Gasteiger partial charge in [0, 0.05) is 18.7 Å². The predicted octanol–water partition coefficient (Wildman–Crippen LogP) is 5.59. The smallest absolute Gasteiger partial charge is 0.411 e. The standard InChI is InChI=1S/C23H27BrN2O5/c1-23(2,3)31-22(28)26-12-11-18(14-26)30-20-10-9-17(13-19(20)24)25-21(27)29-15-16-7-5-4-6-8-16/h4-10,13,18H,11-12,14-15H2,1-3H3,(H,25,27)/t18-/m0/s1. The first-order valence-corrected chi connectivity index (χ1v) is 10.9. The molecule has 8 heteroatoms. The summed E-state index contributed by atoms with van der Waals surface area (Å²) in [5.74, 6) is 0.638. The van der Waals surface area contributed by atoms with Crippen LogP contribution in [0.3, 0.4) is 0 Å². The Balaban J connectivity index is 1.49. The first kappa shape index (κ1) is 22.9. The van der Waals surface area contributed by atoms with E-state index in [0.717, 1.165) is 12.0 Å². The fraction of sp³-hybridized carbons (Fsp3) is 0.391. The molecule has 0 spiro atoms. The van der Waals surface area contributed by atoms with E-state index in [9.17, 15) is 9.59 Å². The average molecular weight is 491 g/mol. The summed E-state index contributed by atoms with van der Waals surface area (Å²) in [6, 6.07) is 14.7. The van der Waals surface area contributed by atoms with E-state index in [0.29, 0.717) is 29.0 Å². The van der Waals surface area contributed by atoms with E-state index < -0.39 is 11.7 Å². The summed E-state index contributed by atoms with van der Waals surface area (Å²) < 4.78 is 17.4. The second-order valence-corrected chi connectivity index (χ2v) is 9.14. The van der Waals surface area contributed by atoms with Gasteiger partial charge in [0.1, 0.15) is 24.1 Å². The largest absolute Gasteiger partial charge is 0.487 e. The molecule has 3 rings (SSSR count). The predicted molar refractivity (Wildman–Crippen MR) is 121 cm³/mol. The number of carbonyl (C=O) groups is 2. The second-order valence-electron chi connectivity index (χ2n) is 8.29. The van der Waals surface area contributed by atoms with Crippen LogP contribution in [0.2, 0.25) is 0 Å². The summed E-state index contributed by atoms with van der Waals surface area (Å²) in [6.07, 6.45) is -0.268. The molecule has 0 saturated carbocycles. The Morgan fingerprint density at radius 2 is 1.90 bits per heavy atom. The average Bonchev–Trinajstić information content (AvgIpc) is 3.17. The molecule has 2 amide bonds. The number of hydrogen-bond acceptors (Lipinski definition) is 5. The van der Waals surface area contributed by atoms with Crippen molar-refractivity contribution in [3.05, 3.63) is 58.6 Å². The number of anilines is 1. The Morgan fingerprint density at radius 1 is 1.16 bits per heavy atom. The van der Waals surface area contributed by atoms with Crippen molar-refractivity contribution in [1.29, 1.82) is 0 Å². The summed E-state index contributed by atoms with van der Waals surface area (Å²) in [5, 5.41) is 2.70. The summed E-state index contributed by atoms with van der Waals surface area (Å²) >= 11 is 3.48. The normalized spacial score (nSPS) is 16.0. The number of nitrogens with one attached hydrogen (secondary N) is 1. The molecule has 1 saturated heterocycles. The molecule has 0 unspecified atom stereocenters. The first-order chi connectivity index (χ1) is 14.7. The summed E-state index contributed by atoms with van der Waals surface area (Å²) in [4.78, 5) is 25.9. The maximum atomic E-state index is 12.2. The van der Waals surface area contributed by atoms with E-state index in [4.69, 9.17) is 14.2 Å². The Morgan fingerprint density at radius 3 is 2.58 bits per heavy atom. The number of ether oxygens (including phenoxy) is 3. The van der Waals surface area contributed by atoms with Crippen LogP contribution in [0.15, 0.2) is 53.0 Å². The molecule has 1 atom stereocenters. The maximum absolute atomic E-state index is 12.2. The number of nitrogens with zero attached hydrogens (tertiary/aromatic N) is 1. The SMILES string of the molecule is CC(C)(C)OC(=O)N1CC[C@H](Oc2ccc(NC(=O)OCc3ccccc3)cc2Br)C1. The quantitative estimate of drug-likeness (QED) is 0.591. The number of halogens is 1. The third-order valence-corrected chi connectivity index (χ3v) is 5.10. The zero-order valence-electron chi connectivity index (χ0n) is 17.9. The van der Waals surface area contributed by atoms with E-state index in [1.165, 1.54) is 0 Å². The van der Waals surface area contributed by atoms with Gasteiger partial charge in [-0.2, -0.15) is 0 Å². The minimum absolute atomic E-state index is 0.126. The zero-order valence-corrected chi connectivity index (χ0v) is 19.5. The van der Waals surface area contributed by atoms with Crippen LogP contribution < -0.4 is 10.1 Å². The van der Waals surface area contributed by atoms with Gasteiger partial charge in [0.05, 0.1) is 11.0 Å². The van der Waals surface area contributed by atoms with Gasteiger partial charge in [0.15, 0.2) is 0 Å². The van der Waals surface area contributed by atoms with Gasteiger partial charge < -0.3 is 19.1 Å². The van der Waals surface area contributed by atoms with Crippen LogP contribution in [-0.2, 0) is 16.1 Å². The number of hydrogen-bond donors (Lipinski definition) is 1. The van der Waals surface area contributed by atoms with E-state index >= 15 is 0 Å². The third-order valence-electron chi connectivity index (χ3n) is 4.48. The summed E-state index contributed by atoms with van der Waals surface area (Å²) in [7, 11) is 0. The lowest BCUT2D eigenvalue weighted by molar-refractivity contribution is 0.0275. The third kappa shape index (κ3) is 7.17. The number of carbonyl (C=O) groups excluding carboxylic acids is 2. The molecule has 0 radical (unpaired) electrons. The molecular formula is C23H27BrN2O5. The molecular weight excluding hydrogens is 464 g/mol. The van der Waals surface area contributed by atoms with Crippen LogP contribution >= 0.6 is 15.9 Å².